The number of halogens is 1. The number of hydrogen-bond acceptors (Lipinski definition) is 2. The Morgan fingerprint density at radius 3 is 2.56 bits per heavy atom. The summed E-state index contributed by atoms with van der Waals surface area (Å²) in [7, 11) is 0. The van der Waals surface area contributed by atoms with Gasteiger partial charge in [0.25, 0.3) is 0 Å². The van der Waals surface area contributed by atoms with Gasteiger partial charge in [0, 0.05) is 18.2 Å². The van der Waals surface area contributed by atoms with Gasteiger partial charge in [-0.1, -0.05) is 19.2 Å². The largest absolute Gasteiger partial charge is 0.402 e. The lowest BCUT2D eigenvalue weighted by molar-refractivity contribution is -0.121. The maximum Gasteiger partial charge on any atom is 0.229 e. The number of rotatable bonds is 4. The number of alkyl halides is 1. The maximum absolute atomic E-state index is 13.7. The van der Waals surface area contributed by atoms with Crippen LogP contribution >= 0.6 is 0 Å². The number of nitrogens with two attached hydrogens (primary N) is 1. The second kappa shape index (κ2) is 4.96. The fourth-order valence-corrected chi connectivity index (χ4v) is 1.95. The van der Waals surface area contributed by atoms with E-state index in [0.29, 0.717) is 23.4 Å². The molecule has 3 nitrogen and oxygen atoms in total. The Hall–Kier alpha value is -1.58. The van der Waals surface area contributed by atoms with Crippen LogP contribution in [0.3, 0.4) is 0 Å². The number of carbonyl (C=O) groups excluding carboxylic acids is 1. The maximum atomic E-state index is 13.7. The molecular weight excluding hydrogens is 231 g/mol. The Balaban J connectivity index is 2.92. The van der Waals surface area contributed by atoms with Gasteiger partial charge in [0.1, 0.15) is 5.67 Å². The van der Waals surface area contributed by atoms with Gasteiger partial charge in [-0.2, -0.15) is 0 Å². The second-order valence-electron chi connectivity index (χ2n) is 5.28. The normalized spacial score (nSPS) is 24.9. The highest BCUT2D eigenvalue weighted by atomic mass is 19.1. The van der Waals surface area contributed by atoms with E-state index in [9.17, 15) is 9.18 Å². The van der Waals surface area contributed by atoms with Crippen molar-refractivity contribution < 1.29 is 9.18 Å². The third kappa shape index (κ3) is 3.00. The van der Waals surface area contributed by atoms with Crippen LogP contribution in [-0.4, -0.2) is 18.1 Å². The summed E-state index contributed by atoms with van der Waals surface area (Å²) >= 11 is 0. The molecule has 18 heavy (non-hydrogen) atoms. The van der Waals surface area contributed by atoms with Crippen LogP contribution in [0.5, 0.6) is 0 Å². The molecule has 1 amide bonds. The molecule has 0 saturated carbocycles. The summed E-state index contributed by atoms with van der Waals surface area (Å²) in [4.78, 5) is 11.6. The van der Waals surface area contributed by atoms with Gasteiger partial charge in [0.15, 0.2) is 0 Å². The van der Waals surface area contributed by atoms with Gasteiger partial charge in [0.2, 0.25) is 5.91 Å². The number of carbonyl (C=O) groups is 1. The minimum absolute atomic E-state index is 0.140. The van der Waals surface area contributed by atoms with Gasteiger partial charge in [-0.15, -0.1) is 0 Å². The lowest BCUT2D eigenvalue weighted by Crippen LogP contribution is -2.25. The van der Waals surface area contributed by atoms with Crippen molar-refractivity contribution in [3.8, 4) is 0 Å². The van der Waals surface area contributed by atoms with Crippen LogP contribution in [0.4, 0.5) is 4.39 Å². The predicted octanol–water partition coefficient (Wildman–Crippen LogP) is 2.07. The van der Waals surface area contributed by atoms with Crippen molar-refractivity contribution in [2.45, 2.75) is 26.4 Å². The summed E-state index contributed by atoms with van der Waals surface area (Å²) in [5, 5.41) is 2.73. The van der Waals surface area contributed by atoms with Gasteiger partial charge in [0.05, 0.1) is 5.92 Å². The summed E-state index contributed by atoms with van der Waals surface area (Å²) < 4.78 is 13.7. The van der Waals surface area contributed by atoms with E-state index in [0.717, 1.165) is 0 Å². The Morgan fingerprint density at radius 2 is 2.11 bits per heavy atom. The van der Waals surface area contributed by atoms with Crippen LogP contribution in [0.15, 0.2) is 36.1 Å². The Morgan fingerprint density at radius 1 is 1.56 bits per heavy atom. The first-order chi connectivity index (χ1) is 8.14. The molecule has 1 saturated heterocycles. The van der Waals surface area contributed by atoms with E-state index in [1.807, 2.05) is 0 Å². The van der Waals surface area contributed by atoms with E-state index in [4.69, 9.17) is 5.73 Å². The standard InChI is InChI=1S/C14H21FN2O/c1-8(6-9(2)14(4,5)15)11-7-17-13(18)12(11)10(3)16/h6,11-12H,1,3,7,16H2,2,4-5H3,(H,17,18)/b9-6+/t11-,12-/m1/s1. The molecule has 2 atom stereocenters. The van der Waals surface area contributed by atoms with Crippen LogP contribution in [0.25, 0.3) is 0 Å². The van der Waals surface area contributed by atoms with E-state index in [1.165, 1.54) is 13.8 Å². The first kappa shape index (κ1) is 14.5. The molecule has 1 aliphatic heterocycles. The number of amides is 1. The molecule has 0 aliphatic carbocycles. The zero-order chi connectivity index (χ0) is 14.1. The fraction of sp³-hybridized carbons (Fsp3) is 0.500. The van der Waals surface area contributed by atoms with Crippen molar-refractivity contribution in [2.24, 2.45) is 17.6 Å². The smallest absolute Gasteiger partial charge is 0.229 e. The van der Waals surface area contributed by atoms with Crippen LogP contribution in [-0.2, 0) is 4.79 Å². The number of hydrogen-bond donors (Lipinski definition) is 2. The molecule has 0 aromatic rings. The molecule has 1 aliphatic rings. The van der Waals surface area contributed by atoms with E-state index >= 15 is 0 Å². The van der Waals surface area contributed by atoms with Crippen molar-refractivity contribution in [1.82, 2.24) is 5.32 Å². The number of nitrogens with one attached hydrogen (secondary N) is 1. The first-order valence-corrected chi connectivity index (χ1v) is 5.93. The zero-order valence-electron chi connectivity index (χ0n) is 11.2. The molecule has 0 radical (unpaired) electrons. The molecule has 0 bridgehead atoms. The van der Waals surface area contributed by atoms with Gasteiger partial charge in [-0.3, -0.25) is 4.79 Å². The molecule has 3 N–H and O–H groups in total. The van der Waals surface area contributed by atoms with E-state index in [1.54, 1.807) is 13.0 Å². The van der Waals surface area contributed by atoms with E-state index in [2.05, 4.69) is 18.5 Å². The van der Waals surface area contributed by atoms with Crippen molar-refractivity contribution >= 4 is 5.91 Å². The van der Waals surface area contributed by atoms with Crippen molar-refractivity contribution in [1.29, 1.82) is 0 Å². The topological polar surface area (TPSA) is 55.1 Å². The highest BCUT2D eigenvalue weighted by molar-refractivity contribution is 5.84. The average molecular weight is 252 g/mol. The highest BCUT2D eigenvalue weighted by Gasteiger charge is 2.37. The van der Waals surface area contributed by atoms with Crippen molar-refractivity contribution in [3.05, 3.63) is 36.1 Å². The summed E-state index contributed by atoms with van der Waals surface area (Å²) in [6, 6.07) is 0. The second-order valence-corrected chi connectivity index (χ2v) is 5.28. The van der Waals surface area contributed by atoms with Crippen LogP contribution in [0.2, 0.25) is 0 Å². The molecule has 1 rings (SSSR count). The third-order valence-corrected chi connectivity index (χ3v) is 3.40. The van der Waals surface area contributed by atoms with Gasteiger partial charge in [-0.05, 0) is 31.9 Å². The minimum Gasteiger partial charge on any atom is -0.402 e. The molecule has 1 fully saturated rings. The monoisotopic (exact) mass is 252 g/mol. The summed E-state index contributed by atoms with van der Waals surface area (Å²) in [5.41, 5.74) is 5.85. The SMILES string of the molecule is C=C(N)[C@H]1C(=O)NC[C@@H]1C(=C)/C=C(\C)C(C)(C)F. The third-order valence-electron chi connectivity index (χ3n) is 3.40. The molecule has 0 spiro atoms. The van der Waals surface area contributed by atoms with Crippen molar-refractivity contribution in [2.75, 3.05) is 6.54 Å². The lowest BCUT2D eigenvalue weighted by Gasteiger charge is -2.20. The molecular formula is C14H21FN2O. The minimum atomic E-state index is -1.39. The van der Waals surface area contributed by atoms with Gasteiger partial charge in [-0.25, -0.2) is 4.39 Å². The molecule has 1 heterocycles. The Kier molecular flexibility index (Phi) is 3.99. The summed E-state index contributed by atoms with van der Waals surface area (Å²) in [6.45, 7) is 12.7. The molecule has 100 valence electrons. The van der Waals surface area contributed by atoms with Crippen LogP contribution in [0.1, 0.15) is 20.8 Å². The zero-order valence-corrected chi connectivity index (χ0v) is 11.2. The molecule has 0 aromatic carbocycles. The van der Waals surface area contributed by atoms with Crippen LogP contribution < -0.4 is 11.1 Å². The summed E-state index contributed by atoms with van der Waals surface area (Å²) in [6.07, 6.45) is 1.70. The highest BCUT2D eigenvalue weighted by Crippen LogP contribution is 2.31. The molecule has 0 aromatic heterocycles. The van der Waals surface area contributed by atoms with Gasteiger partial charge >= 0.3 is 0 Å². The predicted molar refractivity (Wildman–Crippen MR) is 71.4 cm³/mol. The fourth-order valence-electron chi connectivity index (χ4n) is 1.95. The average Bonchev–Trinajstić information content (AvgIpc) is 2.58. The quantitative estimate of drug-likeness (QED) is 0.753. The van der Waals surface area contributed by atoms with Crippen LogP contribution in [0, 0.1) is 11.8 Å². The first-order valence-electron chi connectivity index (χ1n) is 5.93. The van der Waals surface area contributed by atoms with Gasteiger partial charge < -0.3 is 11.1 Å². The molecule has 0 unspecified atom stereocenters. The van der Waals surface area contributed by atoms with E-state index in [-0.39, 0.29) is 11.8 Å². The Bertz CT molecular complexity index is 418. The van der Waals surface area contributed by atoms with E-state index < -0.39 is 11.6 Å². The van der Waals surface area contributed by atoms with Crippen molar-refractivity contribution in [3.63, 3.8) is 0 Å². The Labute approximate surface area is 108 Å². The summed E-state index contributed by atoms with van der Waals surface area (Å²) in [5.74, 6) is -0.754. The molecule has 4 heteroatoms. The number of allylic oxidation sites excluding steroid dienone is 2. The lowest BCUT2D eigenvalue weighted by atomic mass is 9.85.